The minimum atomic E-state index is 0.0397. The third kappa shape index (κ3) is 2.80. The van der Waals surface area contributed by atoms with Crippen LogP contribution in [0.1, 0.15) is 29.7 Å². The summed E-state index contributed by atoms with van der Waals surface area (Å²) in [6.45, 7) is 2.48. The first-order valence-corrected chi connectivity index (χ1v) is 7.03. The second-order valence-corrected chi connectivity index (χ2v) is 5.20. The maximum absolute atomic E-state index is 12.0. The number of aryl methyl sites for hydroxylation is 1. The van der Waals surface area contributed by atoms with Crippen LogP contribution >= 0.6 is 0 Å². The maximum Gasteiger partial charge on any atom is 0.228 e. The first kappa shape index (κ1) is 13.8. The van der Waals surface area contributed by atoms with Crippen molar-refractivity contribution in [3.63, 3.8) is 0 Å². The van der Waals surface area contributed by atoms with Crippen LogP contribution in [0.2, 0.25) is 0 Å². The molecule has 1 N–H and O–H groups in total. The van der Waals surface area contributed by atoms with Crippen molar-refractivity contribution in [2.24, 2.45) is 0 Å². The second kappa shape index (κ2) is 5.65. The number of anilines is 1. The summed E-state index contributed by atoms with van der Waals surface area (Å²) in [4.78, 5) is 17.9. The number of nitrogens with zero attached hydrogens (tertiary/aromatic N) is 3. The van der Waals surface area contributed by atoms with Crippen molar-refractivity contribution in [1.29, 1.82) is 0 Å². The van der Waals surface area contributed by atoms with Crippen molar-refractivity contribution in [2.75, 3.05) is 18.5 Å². The van der Waals surface area contributed by atoms with E-state index < -0.39 is 0 Å². The molecule has 21 heavy (non-hydrogen) atoms. The van der Waals surface area contributed by atoms with Gasteiger partial charge in [0.1, 0.15) is 0 Å². The zero-order valence-corrected chi connectivity index (χ0v) is 12.2. The largest absolute Gasteiger partial charge is 0.340 e. The van der Waals surface area contributed by atoms with Crippen LogP contribution in [0.3, 0.4) is 0 Å². The summed E-state index contributed by atoms with van der Waals surface area (Å²) in [5.41, 5.74) is 2.13. The summed E-state index contributed by atoms with van der Waals surface area (Å²) in [6.07, 6.45) is 1.15. The molecule has 1 aliphatic rings. The molecule has 0 saturated heterocycles. The van der Waals surface area contributed by atoms with Gasteiger partial charge in [0, 0.05) is 45.1 Å². The molecular formula is C15H18N4O2. The number of carbonyl (C=O) groups excluding carboxylic acids is 1. The molecule has 6 nitrogen and oxygen atoms in total. The molecule has 3 rings (SSSR count). The lowest BCUT2D eigenvalue weighted by molar-refractivity contribution is -0.119. The van der Waals surface area contributed by atoms with E-state index >= 15 is 0 Å². The van der Waals surface area contributed by atoms with E-state index in [1.54, 1.807) is 11.8 Å². The Bertz CT molecular complexity index is 653. The highest BCUT2D eigenvalue weighted by Crippen LogP contribution is 2.33. The number of benzene rings is 1. The van der Waals surface area contributed by atoms with E-state index in [0.717, 1.165) is 11.3 Å². The van der Waals surface area contributed by atoms with Crippen LogP contribution in [0.15, 0.2) is 28.8 Å². The average molecular weight is 286 g/mol. The SMILES string of the molecule is Cc1nc(CCNC2CC(=O)N(C)c3ccccc32)no1. The Balaban J connectivity index is 1.68. The highest BCUT2D eigenvalue weighted by Gasteiger charge is 2.28. The van der Waals surface area contributed by atoms with Gasteiger partial charge in [0.2, 0.25) is 11.8 Å². The molecule has 1 unspecified atom stereocenters. The Morgan fingerprint density at radius 1 is 1.43 bits per heavy atom. The fourth-order valence-electron chi connectivity index (χ4n) is 2.63. The molecule has 1 atom stereocenters. The summed E-state index contributed by atoms with van der Waals surface area (Å²) < 4.78 is 4.94. The van der Waals surface area contributed by atoms with Crippen molar-refractivity contribution in [1.82, 2.24) is 15.5 Å². The topological polar surface area (TPSA) is 71.3 Å². The van der Waals surface area contributed by atoms with Crippen molar-refractivity contribution < 1.29 is 9.32 Å². The molecule has 2 aromatic rings. The summed E-state index contributed by atoms with van der Waals surface area (Å²) >= 11 is 0. The Morgan fingerprint density at radius 3 is 3.00 bits per heavy atom. The maximum atomic E-state index is 12.0. The Kier molecular flexibility index (Phi) is 3.70. The van der Waals surface area contributed by atoms with E-state index in [2.05, 4.69) is 21.5 Å². The number of fused-ring (bicyclic) bond motifs is 1. The van der Waals surface area contributed by atoms with Gasteiger partial charge in [0.25, 0.3) is 0 Å². The molecule has 1 aromatic heterocycles. The number of carbonyl (C=O) groups is 1. The van der Waals surface area contributed by atoms with Gasteiger partial charge >= 0.3 is 0 Å². The third-order valence-corrected chi connectivity index (χ3v) is 3.74. The van der Waals surface area contributed by atoms with Crippen LogP contribution in [-0.4, -0.2) is 29.6 Å². The van der Waals surface area contributed by atoms with Gasteiger partial charge in [-0.1, -0.05) is 23.4 Å². The molecule has 1 aliphatic heterocycles. The van der Waals surface area contributed by atoms with Crippen LogP contribution in [-0.2, 0) is 11.2 Å². The molecular weight excluding hydrogens is 268 g/mol. The van der Waals surface area contributed by atoms with Gasteiger partial charge in [-0.15, -0.1) is 0 Å². The highest BCUT2D eigenvalue weighted by atomic mass is 16.5. The quantitative estimate of drug-likeness (QED) is 0.924. The van der Waals surface area contributed by atoms with Gasteiger partial charge in [0.05, 0.1) is 0 Å². The van der Waals surface area contributed by atoms with E-state index in [0.29, 0.717) is 31.1 Å². The Hall–Kier alpha value is -2.21. The number of para-hydroxylation sites is 1. The summed E-state index contributed by atoms with van der Waals surface area (Å²) in [7, 11) is 1.82. The third-order valence-electron chi connectivity index (χ3n) is 3.74. The van der Waals surface area contributed by atoms with Gasteiger partial charge < -0.3 is 14.7 Å². The number of nitrogens with one attached hydrogen (secondary N) is 1. The molecule has 0 bridgehead atoms. The number of hydrogen-bond acceptors (Lipinski definition) is 5. The average Bonchev–Trinajstić information content (AvgIpc) is 2.90. The number of amides is 1. The fraction of sp³-hybridized carbons (Fsp3) is 0.400. The van der Waals surface area contributed by atoms with E-state index in [1.165, 1.54) is 0 Å². The Labute approximate surface area is 123 Å². The standard InChI is InChI=1S/C15H18N4O2/c1-10-17-14(18-21-10)7-8-16-12-9-15(20)19(2)13-6-4-3-5-11(12)13/h3-6,12,16H,7-9H2,1-2H3. The summed E-state index contributed by atoms with van der Waals surface area (Å²) in [5.74, 6) is 1.39. The smallest absolute Gasteiger partial charge is 0.228 e. The number of aromatic nitrogens is 2. The lowest BCUT2D eigenvalue weighted by Gasteiger charge is -2.32. The lowest BCUT2D eigenvalue weighted by Crippen LogP contribution is -2.38. The molecule has 0 saturated carbocycles. The minimum Gasteiger partial charge on any atom is -0.340 e. The van der Waals surface area contributed by atoms with E-state index in [9.17, 15) is 4.79 Å². The van der Waals surface area contributed by atoms with Crippen molar-refractivity contribution >= 4 is 11.6 Å². The van der Waals surface area contributed by atoms with Crippen LogP contribution in [0.4, 0.5) is 5.69 Å². The zero-order chi connectivity index (χ0) is 14.8. The summed E-state index contributed by atoms with van der Waals surface area (Å²) in [6, 6.07) is 8.03. The molecule has 110 valence electrons. The normalized spacial score (nSPS) is 17.9. The Morgan fingerprint density at radius 2 is 2.24 bits per heavy atom. The predicted molar refractivity (Wildman–Crippen MR) is 78.0 cm³/mol. The van der Waals surface area contributed by atoms with E-state index in [-0.39, 0.29) is 11.9 Å². The monoisotopic (exact) mass is 286 g/mol. The molecule has 0 spiro atoms. The fourth-order valence-corrected chi connectivity index (χ4v) is 2.63. The zero-order valence-electron chi connectivity index (χ0n) is 12.2. The van der Waals surface area contributed by atoms with Gasteiger partial charge in [-0.25, -0.2) is 0 Å². The lowest BCUT2D eigenvalue weighted by atomic mass is 9.96. The number of hydrogen-bond donors (Lipinski definition) is 1. The van der Waals surface area contributed by atoms with Crippen molar-refractivity contribution in [2.45, 2.75) is 25.8 Å². The first-order valence-electron chi connectivity index (χ1n) is 7.03. The summed E-state index contributed by atoms with van der Waals surface area (Å²) in [5, 5.41) is 7.29. The molecule has 6 heteroatoms. The molecule has 0 fully saturated rings. The second-order valence-electron chi connectivity index (χ2n) is 5.20. The van der Waals surface area contributed by atoms with Crippen molar-refractivity contribution in [3.05, 3.63) is 41.5 Å². The van der Waals surface area contributed by atoms with Gasteiger partial charge in [-0.2, -0.15) is 4.98 Å². The molecule has 0 aliphatic carbocycles. The molecule has 1 amide bonds. The van der Waals surface area contributed by atoms with E-state index in [1.807, 2.05) is 25.2 Å². The number of rotatable bonds is 4. The van der Waals surface area contributed by atoms with Gasteiger partial charge in [-0.05, 0) is 11.6 Å². The minimum absolute atomic E-state index is 0.0397. The first-order chi connectivity index (χ1) is 10.1. The van der Waals surface area contributed by atoms with Crippen LogP contribution < -0.4 is 10.2 Å². The van der Waals surface area contributed by atoms with E-state index in [4.69, 9.17) is 4.52 Å². The highest BCUT2D eigenvalue weighted by molar-refractivity contribution is 5.96. The molecule has 0 radical (unpaired) electrons. The van der Waals surface area contributed by atoms with Gasteiger partial charge in [-0.3, -0.25) is 4.79 Å². The van der Waals surface area contributed by atoms with Crippen LogP contribution in [0, 0.1) is 6.92 Å². The van der Waals surface area contributed by atoms with Gasteiger partial charge in [0.15, 0.2) is 5.82 Å². The van der Waals surface area contributed by atoms with Crippen LogP contribution in [0.5, 0.6) is 0 Å². The van der Waals surface area contributed by atoms with Crippen LogP contribution in [0.25, 0.3) is 0 Å². The van der Waals surface area contributed by atoms with Crippen molar-refractivity contribution in [3.8, 4) is 0 Å². The molecule has 1 aromatic carbocycles. The molecule has 2 heterocycles. The predicted octanol–water partition coefficient (Wildman–Crippen LogP) is 1.62.